The number of sulfone groups is 1. The molecule has 0 aliphatic carbocycles. The Hall–Kier alpha value is -1.40. The Morgan fingerprint density at radius 3 is 2.50 bits per heavy atom. The van der Waals surface area contributed by atoms with Gasteiger partial charge in [0.1, 0.15) is 16.1 Å². The average Bonchev–Trinajstić information content (AvgIpc) is 3.18. The molecule has 0 bridgehead atoms. The molecule has 2 saturated heterocycles. The van der Waals surface area contributed by atoms with Gasteiger partial charge in [0.05, 0.1) is 10.9 Å². The van der Waals surface area contributed by atoms with Crippen LogP contribution in [0.25, 0.3) is 0 Å². The van der Waals surface area contributed by atoms with Crippen molar-refractivity contribution in [3.05, 3.63) is 47.9 Å². The fourth-order valence-electron chi connectivity index (χ4n) is 3.87. The smallest absolute Gasteiger partial charge is 0.166 e. The Bertz CT molecular complexity index is 810. The zero-order valence-electron chi connectivity index (χ0n) is 14.5. The first-order valence-corrected chi connectivity index (χ1v) is 9.58. The van der Waals surface area contributed by atoms with Crippen LogP contribution in [-0.2, 0) is 15.4 Å². The lowest BCUT2D eigenvalue weighted by atomic mass is 9.87. The van der Waals surface area contributed by atoms with E-state index >= 15 is 0 Å². The first-order chi connectivity index (χ1) is 10.9. The van der Waals surface area contributed by atoms with Gasteiger partial charge in [-0.15, -0.1) is 0 Å². The van der Waals surface area contributed by atoms with Crippen LogP contribution in [-0.4, -0.2) is 40.6 Å². The van der Waals surface area contributed by atoms with Gasteiger partial charge < -0.3 is 10.0 Å². The van der Waals surface area contributed by atoms with E-state index in [4.69, 9.17) is 0 Å². The third-order valence-corrected chi connectivity index (χ3v) is 8.41. The summed E-state index contributed by atoms with van der Waals surface area (Å²) < 4.78 is 40.0. The molecule has 0 radical (unpaired) electrons. The van der Waals surface area contributed by atoms with Crippen LogP contribution >= 0.6 is 0 Å². The van der Waals surface area contributed by atoms with Crippen molar-refractivity contribution in [2.75, 3.05) is 6.54 Å². The van der Waals surface area contributed by atoms with E-state index < -0.39 is 36.8 Å². The lowest BCUT2D eigenvalue weighted by molar-refractivity contribution is 0.0635. The van der Waals surface area contributed by atoms with Crippen molar-refractivity contribution in [2.24, 2.45) is 0 Å². The van der Waals surface area contributed by atoms with E-state index in [1.165, 1.54) is 6.07 Å². The van der Waals surface area contributed by atoms with Gasteiger partial charge in [0, 0.05) is 17.8 Å². The van der Waals surface area contributed by atoms with Crippen molar-refractivity contribution >= 4 is 9.84 Å². The molecule has 2 aliphatic rings. The van der Waals surface area contributed by atoms with Crippen molar-refractivity contribution < 1.29 is 17.9 Å². The molecular formula is C18H24FNO3S. The Morgan fingerprint density at radius 2 is 1.96 bits per heavy atom. The maximum absolute atomic E-state index is 14.5. The van der Waals surface area contributed by atoms with Gasteiger partial charge in [-0.05, 0) is 40.2 Å². The Morgan fingerprint density at radius 1 is 1.38 bits per heavy atom. The van der Waals surface area contributed by atoms with Crippen LogP contribution in [0, 0.1) is 5.82 Å². The molecule has 132 valence electrons. The molecule has 1 aromatic rings. The van der Waals surface area contributed by atoms with E-state index in [1.54, 1.807) is 45.9 Å². The number of halogens is 1. The molecule has 24 heavy (non-hydrogen) atoms. The highest BCUT2D eigenvalue weighted by atomic mass is 32.2. The molecule has 0 spiro atoms. The molecule has 0 saturated carbocycles. The molecule has 0 unspecified atom stereocenters. The topological polar surface area (TPSA) is 57.4 Å². The number of benzene rings is 1. The average molecular weight is 353 g/mol. The van der Waals surface area contributed by atoms with Crippen LogP contribution in [0.5, 0.6) is 0 Å². The summed E-state index contributed by atoms with van der Waals surface area (Å²) in [4.78, 5) is 1.88. The molecule has 6 heteroatoms. The second-order valence-electron chi connectivity index (χ2n) is 8.00. The molecule has 0 amide bonds. The van der Waals surface area contributed by atoms with Gasteiger partial charge in [-0.2, -0.15) is 0 Å². The molecule has 1 N–H and O–H groups in total. The van der Waals surface area contributed by atoms with Crippen molar-refractivity contribution in [3.8, 4) is 0 Å². The predicted molar refractivity (Wildman–Crippen MR) is 91.6 cm³/mol. The lowest BCUT2D eigenvalue weighted by Gasteiger charge is -2.44. The molecule has 1 aromatic carbocycles. The highest BCUT2D eigenvalue weighted by Crippen LogP contribution is 2.60. The predicted octanol–water partition coefficient (Wildman–Crippen LogP) is 2.59. The van der Waals surface area contributed by atoms with E-state index in [9.17, 15) is 17.9 Å². The number of hydrogen-bond acceptors (Lipinski definition) is 4. The van der Waals surface area contributed by atoms with E-state index in [1.807, 2.05) is 4.90 Å². The van der Waals surface area contributed by atoms with Gasteiger partial charge in [0.25, 0.3) is 0 Å². The number of aliphatic hydroxyl groups is 1. The highest BCUT2D eigenvalue weighted by Gasteiger charge is 2.72. The summed E-state index contributed by atoms with van der Waals surface area (Å²) in [5, 5.41) is 9.41. The summed E-state index contributed by atoms with van der Waals surface area (Å²) in [6.45, 7) is 10.8. The van der Waals surface area contributed by atoms with Crippen molar-refractivity contribution in [2.45, 2.75) is 55.3 Å². The number of fused-ring (bicyclic) bond motifs is 1. The van der Waals surface area contributed by atoms with Crippen molar-refractivity contribution in [1.82, 2.24) is 4.90 Å². The summed E-state index contributed by atoms with van der Waals surface area (Å²) in [5.74, 6) is -0.427. The molecule has 2 aliphatic heterocycles. The SMILES string of the molecule is C=C1N2C[C@@]2(c2ccccc2F)[C@@H](CC(C)(C)O)S(=O)(=O)C1(C)C. The van der Waals surface area contributed by atoms with E-state index in [0.29, 0.717) is 17.8 Å². The van der Waals surface area contributed by atoms with Gasteiger partial charge >= 0.3 is 0 Å². The van der Waals surface area contributed by atoms with Crippen LogP contribution in [0.2, 0.25) is 0 Å². The quantitative estimate of drug-likeness (QED) is 0.849. The van der Waals surface area contributed by atoms with E-state index in [0.717, 1.165) is 0 Å². The van der Waals surface area contributed by atoms with E-state index in [2.05, 4.69) is 6.58 Å². The summed E-state index contributed by atoms with van der Waals surface area (Å²) in [5.41, 5.74) is -1.31. The highest BCUT2D eigenvalue weighted by molar-refractivity contribution is 7.93. The molecule has 2 atom stereocenters. The second-order valence-corrected chi connectivity index (χ2v) is 10.7. The monoisotopic (exact) mass is 353 g/mol. The molecule has 2 fully saturated rings. The normalized spacial score (nSPS) is 30.8. The van der Waals surface area contributed by atoms with Crippen LogP contribution in [0.4, 0.5) is 4.39 Å². The Labute approximate surface area is 142 Å². The van der Waals surface area contributed by atoms with Gasteiger partial charge in [-0.3, -0.25) is 0 Å². The number of nitrogens with zero attached hydrogens (tertiary/aromatic N) is 1. The Kier molecular flexibility index (Phi) is 3.50. The minimum Gasteiger partial charge on any atom is -0.390 e. The fraction of sp³-hybridized carbons (Fsp3) is 0.556. The summed E-state index contributed by atoms with van der Waals surface area (Å²) in [6, 6.07) is 6.27. The molecular weight excluding hydrogens is 329 g/mol. The van der Waals surface area contributed by atoms with Crippen LogP contribution in [0.3, 0.4) is 0 Å². The van der Waals surface area contributed by atoms with Crippen LogP contribution in [0.1, 0.15) is 39.7 Å². The van der Waals surface area contributed by atoms with E-state index in [-0.39, 0.29) is 6.42 Å². The minimum absolute atomic E-state index is 0.0386. The Balaban J connectivity index is 2.23. The van der Waals surface area contributed by atoms with Crippen molar-refractivity contribution in [1.29, 1.82) is 0 Å². The van der Waals surface area contributed by atoms with Crippen LogP contribution in [0.15, 0.2) is 36.5 Å². The number of rotatable bonds is 3. The lowest BCUT2D eigenvalue weighted by Crippen LogP contribution is -2.56. The second kappa shape index (κ2) is 4.82. The maximum Gasteiger partial charge on any atom is 0.166 e. The minimum atomic E-state index is -3.68. The molecule has 0 aromatic heterocycles. The first kappa shape index (κ1) is 17.4. The van der Waals surface area contributed by atoms with Gasteiger partial charge in [0.15, 0.2) is 9.84 Å². The van der Waals surface area contributed by atoms with Crippen LogP contribution < -0.4 is 0 Å². The third kappa shape index (κ3) is 2.15. The number of hydrogen-bond donors (Lipinski definition) is 1. The molecule has 3 rings (SSSR count). The van der Waals surface area contributed by atoms with Crippen molar-refractivity contribution in [3.63, 3.8) is 0 Å². The molecule has 2 heterocycles. The van der Waals surface area contributed by atoms with Gasteiger partial charge in [-0.25, -0.2) is 12.8 Å². The largest absolute Gasteiger partial charge is 0.390 e. The van der Waals surface area contributed by atoms with Gasteiger partial charge in [-0.1, -0.05) is 24.8 Å². The first-order valence-electron chi connectivity index (χ1n) is 8.03. The maximum atomic E-state index is 14.5. The van der Waals surface area contributed by atoms with Gasteiger partial charge in [0.2, 0.25) is 0 Å². The fourth-order valence-corrected chi connectivity index (χ4v) is 6.49. The third-order valence-electron chi connectivity index (χ3n) is 5.44. The zero-order chi connectivity index (χ0) is 18.1. The summed E-state index contributed by atoms with van der Waals surface area (Å²) in [6.07, 6.45) is 0.0386. The zero-order valence-corrected chi connectivity index (χ0v) is 15.3. The summed E-state index contributed by atoms with van der Waals surface area (Å²) >= 11 is 0. The summed E-state index contributed by atoms with van der Waals surface area (Å²) in [7, 11) is -3.68. The molecule has 4 nitrogen and oxygen atoms in total. The standard InChI is InChI=1S/C18H24FNO3S/c1-12-17(4,5)24(22,23)15(10-16(2,3)21)18(11-20(12)18)13-8-6-7-9-14(13)19/h6-9,15,21H,1,10-11H2,2-5H3/t15-,18-,20?/m1/s1.